The number of benzene rings is 2. The van der Waals surface area contributed by atoms with Crippen LogP contribution in [0.1, 0.15) is 53.2 Å². The zero-order valence-electron chi connectivity index (χ0n) is 20.8. The molecule has 1 fully saturated rings. The van der Waals surface area contributed by atoms with E-state index < -0.39 is 11.7 Å². The van der Waals surface area contributed by atoms with Crippen molar-refractivity contribution in [2.75, 3.05) is 31.1 Å². The molecule has 1 aliphatic rings. The van der Waals surface area contributed by atoms with Gasteiger partial charge in [0.2, 0.25) is 0 Å². The van der Waals surface area contributed by atoms with Crippen LogP contribution in [-0.4, -0.2) is 53.8 Å². The third-order valence-electron chi connectivity index (χ3n) is 6.82. The van der Waals surface area contributed by atoms with Crippen LogP contribution in [0.15, 0.2) is 65.3 Å². The quantitative estimate of drug-likeness (QED) is 0.464. The fraction of sp³-hybridized carbons (Fsp3) is 0.357. The number of anilines is 2. The highest BCUT2D eigenvalue weighted by Gasteiger charge is 2.30. The zero-order valence-corrected chi connectivity index (χ0v) is 20.8. The number of furan rings is 1. The second kappa shape index (κ2) is 11.4. The lowest BCUT2D eigenvalue weighted by Crippen LogP contribution is -2.43. The summed E-state index contributed by atoms with van der Waals surface area (Å²) in [6, 6.07) is 15.3. The Balaban J connectivity index is 1.65. The number of piperidine rings is 1. The number of para-hydroxylation sites is 1. The number of nitrogens with two attached hydrogens (primary N) is 1. The lowest BCUT2D eigenvalue weighted by Gasteiger charge is -2.40. The van der Waals surface area contributed by atoms with E-state index in [0.29, 0.717) is 30.9 Å². The number of carbonyl (C=O) groups is 2. The normalized spacial score (nSPS) is 14.5. The van der Waals surface area contributed by atoms with Crippen molar-refractivity contribution in [2.24, 2.45) is 5.73 Å². The summed E-state index contributed by atoms with van der Waals surface area (Å²) in [5.74, 6) is -0.331. The van der Waals surface area contributed by atoms with E-state index in [4.69, 9.17) is 10.2 Å². The molecule has 4 rings (SSSR count). The van der Waals surface area contributed by atoms with Gasteiger partial charge in [0.05, 0.1) is 24.1 Å². The van der Waals surface area contributed by atoms with Crippen LogP contribution >= 0.6 is 0 Å². The molecule has 0 radical (unpaired) electrons. The largest absolute Gasteiger partial charge is 0.468 e. The Hall–Kier alpha value is -3.65. The molecule has 2 heterocycles. The molecule has 0 unspecified atom stereocenters. The third-order valence-corrected chi connectivity index (χ3v) is 6.82. The molecule has 0 saturated carbocycles. The Labute approximate surface area is 211 Å². The number of hydrogen-bond acceptors (Lipinski definition) is 5. The monoisotopic (exact) mass is 492 g/mol. The Morgan fingerprint density at radius 3 is 2.31 bits per heavy atom. The predicted molar refractivity (Wildman–Crippen MR) is 138 cm³/mol. The molecule has 3 aromatic rings. The van der Waals surface area contributed by atoms with Crippen LogP contribution in [0.4, 0.5) is 15.8 Å². The van der Waals surface area contributed by atoms with Gasteiger partial charge in [0.15, 0.2) is 0 Å². The summed E-state index contributed by atoms with van der Waals surface area (Å²) < 4.78 is 20.8. The Kier molecular flexibility index (Phi) is 8.05. The lowest BCUT2D eigenvalue weighted by molar-refractivity contribution is 0.0772. The first-order chi connectivity index (χ1) is 17.4. The van der Waals surface area contributed by atoms with Gasteiger partial charge >= 0.3 is 0 Å². The molecule has 0 atom stereocenters. The molecular formula is C28H33FN4O3. The van der Waals surface area contributed by atoms with E-state index in [1.54, 1.807) is 29.4 Å². The highest BCUT2D eigenvalue weighted by atomic mass is 19.1. The van der Waals surface area contributed by atoms with E-state index in [2.05, 4.69) is 4.90 Å². The predicted octanol–water partition coefficient (Wildman–Crippen LogP) is 4.80. The maximum atomic E-state index is 15.3. The molecule has 1 saturated heterocycles. The van der Waals surface area contributed by atoms with Crippen molar-refractivity contribution in [3.8, 4) is 0 Å². The third kappa shape index (κ3) is 5.44. The summed E-state index contributed by atoms with van der Waals surface area (Å²) in [6.45, 7) is 7.43. The van der Waals surface area contributed by atoms with Gasteiger partial charge in [0.1, 0.15) is 11.6 Å². The van der Waals surface area contributed by atoms with Gasteiger partial charge in [-0.25, -0.2) is 4.39 Å². The Bertz CT molecular complexity index is 1170. The summed E-state index contributed by atoms with van der Waals surface area (Å²) >= 11 is 0. The van der Waals surface area contributed by atoms with E-state index in [1.165, 1.54) is 12.1 Å². The first-order valence-electron chi connectivity index (χ1n) is 12.4. The minimum atomic E-state index is -0.682. The molecule has 0 spiro atoms. The maximum Gasteiger partial charge on any atom is 0.253 e. The van der Waals surface area contributed by atoms with Gasteiger partial charge in [-0.15, -0.1) is 0 Å². The van der Waals surface area contributed by atoms with Crippen LogP contribution < -0.4 is 10.6 Å². The Morgan fingerprint density at radius 1 is 1.03 bits per heavy atom. The molecule has 0 bridgehead atoms. The summed E-state index contributed by atoms with van der Waals surface area (Å²) in [7, 11) is 0. The van der Waals surface area contributed by atoms with Crippen molar-refractivity contribution in [1.29, 1.82) is 0 Å². The maximum absolute atomic E-state index is 15.3. The number of amides is 2. The van der Waals surface area contributed by atoms with Crippen LogP contribution in [0.3, 0.4) is 0 Å². The number of nitrogens with zero attached hydrogens (tertiary/aromatic N) is 3. The summed E-state index contributed by atoms with van der Waals surface area (Å²) in [6.07, 6.45) is 3.18. The van der Waals surface area contributed by atoms with Crippen LogP contribution in [0.2, 0.25) is 0 Å². The van der Waals surface area contributed by atoms with Crippen molar-refractivity contribution >= 4 is 23.2 Å². The number of rotatable bonds is 9. The zero-order chi connectivity index (χ0) is 25.7. The average molecular weight is 493 g/mol. The molecular weight excluding hydrogens is 459 g/mol. The van der Waals surface area contributed by atoms with Crippen molar-refractivity contribution in [2.45, 2.75) is 39.3 Å². The lowest BCUT2D eigenvalue weighted by atomic mass is 9.99. The second-order valence-electron chi connectivity index (χ2n) is 8.98. The van der Waals surface area contributed by atoms with Crippen LogP contribution in [0, 0.1) is 5.82 Å². The van der Waals surface area contributed by atoms with Gasteiger partial charge in [-0.1, -0.05) is 6.07 Å². The van der Waals surface area contributed by atoms with Gasteiger partial charge < -0.3 is 20.0 Å². The minimum absolute atomic E-state index is 0.0481. The van der Waals surface area contributed by atoms with E-state index in [-0.39, 0.29) is 23.2 Å². The molecule has 36 heavy (non-hydrogen) atoms. The van der Waals surface area contributed by atoms with Crippen LogP contribution in [0.5, 0.6) is 0 Å². The molecule has 8 heteroatoms. The summed E-state index contributed by atoms with van der Waals surface area (Å²) in [5, 5.41) is 0. The minimum Gasteiger partial charge on any atom is -0.468 e. The van der Waals surface area contributed by atoms with E-state index in [0.717, 1.165) is 31.7 Å². The fourth-order valence-electron chi connectivity index (χ4n) is 4.90. The number of carbonyl (C=O) groups excluding carboxylic acids is 2. The van der Waals surface area contributed by atoms with Gasteiger partial charge in [-0.05, 0) is 75.2 Å². The standard InChI is InChI=1S/C28H33FN4O3/c1-3-32(4-2)28(35)20-10-12-21(13-11-20)33(26-24(27(30)34)8-5-9-25(26)29)22-14-16-31(17-15-22)19-23-7-6-18-36-23/h5-13,18,22H,3-4,14-17,19H2,1-2H3,(H2,30,34). The number of halogens is 1. The van der Waals surface area contributed by atoms with E-state index >= 15 is 4.39 Å². The van der Waals surface area contributed by atoms with Gasteiger partial charge in [0, 0.05) is 43.5 Å². The molecule has 7 nitrogen and oxygen atoms in total. The first-order valence-corrected chi connectivity index (χ1v) is 12.4. The molecule has 2 N–H and O–H groups in total. The van der Waals surface area contributed by atoms with Crippen LogP contribution in [0.25, 0.3) is 0 Å². The first kappa shape index (κ1) is 25.4. The molecule has 1 aromatic heterocycles. The smallest absolute Gasteiger partial charge is 0.253 e. The number of hydrogen-bond donors (Lipinski definition) is 1. The van der Waals surface area contributed by atoms with Crippen molar-refractivity contribution < 1.29 is 18.4 Å². The number of primary amides is 1. The Morgan fingerprint density at radius 2 is 1.72 bits per heavy atom. The average Bonchev–Trinajstić information content (AvgIpc) is 3.40. The summed E-state index contributed by atoms with van der Waals surface area (Å²) in [5.41, 5.74) is 7.25. The van der Waals surface area contributed by atoms with E-state index in [1.807, 2.05) is 43.0 Å². The highest BCUT2D eigenvalue weighted by Crippen LogP contribution is 2.36. The van der Waals surface area contributed by atoms with E-state index in [9.17, 15) is 9.59 Å². The van der Waals surface area contributed by atoms with Gasteiger partial charge in [0.25, 0.3) is 11.8 Å². The van der Waals surface area contributed by atoms with Crippen LogP contribution in [-0.2, 0) is 6.54 Å². The highest BCUT2D eigenvalue weighted by molar-refractivity contribution is 6.00. The molecule has 190 valence electrons. The van der Waals surface area contributed by atoms with Crippen molar-refractivity contribution in [3.63, 3.8) is 0 Å². The van der Waals surface area contributed by atoms with Crippen molar-refractivity contribution in [1.82, 2.24) is 9.80 Å². The summed E-state index contributed by atoms with van der Waals surface area (Å²) in [4.78, 5) is 31.0. The van der Waals surface area contributed by atoms with Gasteiger partial charge in [-0.3, -0.25) is 14.5 Å². The SMILES string of the molecule is CCN(CC)C(=O)c1ccc(N(c2c(F)cccc2C(N)=O)C2CCN(Cc3ccco3)CC2)cc1. The molecule has 2 amide bonds. The number of likely N-dealkylation sites (tertiary alicyclic amines) is 1. The topological polar surface area (TPSA) is 83.0 Å². The molecule has 2 aromatic carbocycles. The van der Waals surface area contributed by atoms with Gasteiger partial charge in [-0.2, -0.15) is 0 Å². The molecule has 1 aliphatic heterocycles. The fourth-order valence-corrected chi connectivity index (χ4v) is 4.90. The molecule has 0 aliphatic carbocycles. The van der Waals surface area contributed by atoms with Crippen molar-refractivity contribution in [3.05, 3.63) is 83.6 Å². The second-order valence-corrected chi connectivity index (χ2v) is 8.98.